The Balaban J connectivity index is 1.75. The maximum absolute atomic E-state index is 13.1. The fourth-order valence-electron chi connectivity index (χ4n) is 3.29. The van der Waals surface area contributed by atoms with E-state index >= 15 is 0 Å². The summed E-state index contributed by atoms with van der Waals surface area (Å²) in [5.41, 5.74) is 0.934. The first-order valence-corrected chi connectivity index (χ1v) is 9.05. The molecule has 1 amide bonds. The molecule has 9 heteroatoms. The zero-order valence-corrected chi connectivity index (χ0v) is 15.1. The number of thiazole rings is 1. The summed E-state index contributed by atoms with van der Waals surface area (Å²) >= 11 is 1.39. The van der Waals surface area contributed by atoms with Crippen LogP contribution in [0.15, 0.2) is 42.2 Å². The Morgan fingerprint density at radius 3 is 3.04 bits per heavy atom. The topological polar surface area (TPSA) is 94.0 Å². The van der Waals surface area contributed by atoms with Crippen molar-refractivity contribution in [3.8, 4) is 5.75 Å². The van der Waals surface area contributed by atoms with Crippen LogP contribution < -0.4 is 15.4 Å². The van der Waals surface area contributed by atoms with E-state index < -0.39 is 5.92 Å². The number of fused-ring (bicyclic) bond motifs is 1. The zero-order valence-electron chi connectivity index (χ0n) is 14.3. The summed E-state index contributed by atoms with van der Waals surface area (Å²) < 4.78 is 7.10. The number of anilines is 2. The van der Waals surface area contributed by atoms with Crippen molar-refractivity contribution >= 4 is 28.3 Å². The molecule has 2 N–H and O–H groups in total. The van der Waals surface area contributed by atoms with Crippen LogP contribution in [0.3, 0.4) is 0 Å². The van der Waals surface area contributed by atoms with Crippen molar-refractivity contribution in [2.45, 2.75) is 19.0 Å². The van der Waals surface area contributed by atoms with Crippen LogP contribution >= 0.6 is 11.3 Å². The molecule has 3 heterocycles. The van der Waals surface area contributed by atoms with Gasteiger partial charge >= 0.3 is 0 Å². The van der Waals surface area contributed by atoms with Crippen LogP contribution in [0.2, 0.25) is 0 Å². The highest BCUT2D eigenvalue weighted by atomic mass is 32.1. The summed E-state index contributed by atoms with van der Waals surface area (Å²) in [6.07, 6.45) is 3.15. The minimum absolute atomic E-state index is 0.117. The van der Waals surface area contributed by atoms with E-state index in [4.69, 9.17) is 4.74 Å². The van der Waals surface area contributed by atoms with E-state index in [1.165, 1.54) is 17.7 Å². The van der Waals surface area contributed by atoms with Crippen LogP contribution in [0.25, 0.3) is 0 Å². The predicted molar refractivity (Wildman–Crippen MR) is 98.5 cm³/mol. The largest absolute Gasteiger partial charge is 0.497 e. The molecule has 26 heavy (non-hydrogen) atoms. The van der Waals surface area contributed by atoms with Crippen LogP contribution in [-0.4, -0.2) is 38.8 Å². The number of methoxy groups -OCH3 is 1. The van der Waals surface area contributed by atoms with Crippen LogP contribution in [0.1, 0.15) is 18.5 Å². The molecule has 3 unspecified atom stereocenters. The highest BCUT2D eigenvalue weighted by Gasteiger charge is 2.41. The van der Waals surface area contributed by atoms with Crippen molar-refractivity contribution in [2.24, 2.45) is 5.92 Å². The van der Waals surface area contributed by atoms with Gasteiger partial charge in [0.15, 0.2) is 5.13 Å². The van der Waals surface area contributed by atoms with E-state index in [-0.39, 0.29) is 18.0 Å². The molecule has 3 atom stereocenters. The van der Waals surface area contributed by atoms with E-state index in [1.54, 1.807) is 18.0 Å². The predicted octanol–water partition coefficient (Wildman–Crippen LogP) is 2.40. The summed E-state index contributed by atoms with van der Waals surface area (Å²) in [6.45, 7) is 1.97. The maximum Gasteiger partial charge on any atom is 0.233 e. The third-order valence-electron chi connectivity index (χ3n) is 4.47. The molecule has 0 saturated carbocycles. The van der Waals surface area contributed by atoms with Crippen LogP contribution in [-0.2, 0) is 4.79 Å². The first-order valence-electron chi connectivity index (χ1n) is 8.17. The molecule has 1 aromatic carbocycles. The van der Waals surface area contributed by atoms with Gasteiger partial charge in [-0.25, -0.2) is 9.67 Å². The van der Waals surface area contributed by atoms with Gasteiger partial charge in [0.1, 0.15) is 12.1 Å². The second-order valence-electron chi connectivity index (χ2n) is 6.03. The van der Waals surface area contributed by atoms with Crippen molar-refractivity contribution in [1.82, 2.24) is 19.7 Å². The lowest BCUT2D eigenvalue weighted by Gasteiger charge is -2.36. The summed E-state index contributed by atoms with van der Waals surface area (Å²) in [5.74, 6) is 0.854. The van der Waals surface area contributed by atoms with Gasteiger partial charge in [-0.1, -0.05) is 12.1 Å². The number of carbonyl (C=O) groups excluding carboxylic acids is 1. The van der Waals surface area contributed by atoms with Crippen LogP contribution in [0.4, 0.5) is 11.1 Å². The Morgan fingerprint density at radius 1 is 1.38 bits per heavy atom. The number of amides is 1. The number of aromatic nitrogens is 4. The minimum Gasteiger partial charge on any atom is -0.497 e. The molecule has 4 rings (SSSR count). The van der Waals surface area contributed by atoms with Gasteiger partial charge in [-0.15, -0.1) is 11.3 Å². The smallest absolute Gasteiger partial charge is 0.233 e. The highest BCUT2D eigenvalue weighted by molar-refractivity contribution is 7.13. The van der Waals surface area contributed by atoms with Gasteiger partial charge in [-0.05, 0) is 24.6 Å². The number of nitrogens with one attached hydrogen (secondary N) is 2. The second-order valence-corrected chi connectivity index (χ2v) is 6.93. The standard InChI is InChI=1S/C17H18N6O2S/c1-10-13(15(24)22-17-18-6-7-26-17)14(23-16(21-10)19-9-20-23)11-4-3-5-12(8-11)25-2/h3-10,13-14H,1-2H3,(H,18,22,24)(H,19,20,21). The van der Waals surface area contributed by atoms with Gasteiger partial charge < -0.3 is 15.4 Å². The number of nitrogens with zero attached hydrogens (tertiary/aromatic N) is 4. The van der Waals surface area contributed by atoms with Crippen molar-refractivity contribution in [3.63, 3.8) is 0 Å². The molecule has 0 bridgehead atoms. The number of hydrogen-bond acceptors (Lipinski definition) is 7. The molecule has 0 saturated heterocycles. The molecule has 3 aromatic rings. The van der Waals surface area contributed by atoms with Gasteiger partial charge in [0.2, 0.25) is 11.9 Å². The van der Waals surface area contributed by atoms with Gasteiger partial charge in [0.25, 0.3) is 0 Å². The number of ether oxygens (including phenoxy) is 1. The van der Waals surface area contributed by atoms with Crippen LogP contribution in [0, 0.1) is 5.92 Å². The number of rotatable bonds is 4. The molecule has 134 valence electrons. The Morgan fingerprint density at radius 2 is 2.27 bits per heavy atom. The van der Waals surface area contributed by atoms with Gasteiger partial charge in [-0.3, -0.25) is 4.79 Å². The number of carbonyl (C=O) groups is 1. The zero-order chi connectivity index (χ0) is 18.1. The van der Waals surface area contributed by atoms with Gasteiger partial charge in [-0.2, -0.15) is 10.1 Å². The van der Waals surface area contributed by atoms with E-state index in [1.807, 2.05) is 36.6 Å². The average molecular weight is 370 g/mol. The molecule has 1 aliphatic rings. The quantitative estimate of drug-likeness (QED) is 0.732. The molecule has 0 fully saturated rings. The molecular weight excluding hydrogens is 352 g/mol. The van der Waals surface area contributed by atoms with E-state index in [0.29, 0.717) is 11.1 Å². The van der Waals surface area contributed by atoms with Crippen molar-refractivity contribution in [3.05, 3.63) is 47.7 Å². The van der Waals surface area contributed by atoms with E-state index in [0.717, 1.165) is 11.3 Å². The SMILES string of the molecule is COc1cccc(C2C(C(=O)Nc3nccs3)C(C)Nc3ncnn32)c1. The summed E-state index contributed by atoms with van der Waals surface area (Å²) in [4.78, 5) is 21.5. The molecule has 0 spiro atoms. The van der Waals surface area contributed by atoms with Crippen molar-refractivity contribution in [2.75, 3.05) is 17.7 Å². The fraction of sp³-hybridized carbons (Fsp3) is 0.294. The third-order valence-corrected chi connectivity index (χ3v) is 5.16. The Kier molecular flexibility index (Phi) is 4.29. The Hall–Kier alpha value is -2.94. The lowest BCUT2D eigenvalue weighted by atomic mass is 9.85. The van der Waals surface area contributed by atoms with E-state index in [9.17, 15) is 4.79 Å². The summed E-state index contributed by atoms with van der Waals surface area (Å²) in [7, 11) is 1.62. The van der Waals surface area contributed by atoms with E-state index in [2.05, 4.69) is 25.7 Å². The highest BCUT2D eigenvalue weighted by Crippen LogP contribution is 2.37. The second kappa shape index (κ2) is 6.75. The first kappa shape index (κ1) is 16.5. The Labute approximate surface area is 154 Å². The van der Waals surface area contributed by atoms with Gasteiger partial charge in [0.05, 0.1) is 19.1 Å². The van der Waals surface area contributed by atoms with Gasteiger partial charge in [0, 0.05) is 17.6 Å². The monoisotopic (exact) mass is 370 g/mol. The molecule has 1 aliphatic heterocycles. The third kappa shape index (κ3) is 2.90. The molecule has 0 radical (unpaired) electrons. The molecular formula is C17H18N6O2S. The van der Waals surface area contributed by atoms with Crippen molar-refractivity contribution < 1.29 is 9.53 Å². The first-order chi connectivity index (χ1) is 12.7. The number of hydrogen-bond donors (Lipinski definition) is 2. The minimum atomic E-state index is -0.403. The van der Waals surface area contributed by atoms with Crippen LogP contribution in [0.5, 0.6) is 5.75 Å². The fourth-order valence-corrected chi connectivity index (χ4v) is 3.83. The normalized spacial score (nSPS) is 21.5. The summed E-state index contributed by atoms with van der Waals surface area (Å²) in [5, 5.41) is 12.9. The molecule has 2 aromatic heterocycles. The van der Waals surface area contributed by atoms with Crippen molar-refractivity contribution in [1.29, 1.82) is 0 Å². The Bertz CT molecular complexity index is 910. The lowest BCUT2D eigenvalue weighted by Crippen LogP contribution is -2.46. The maximum atomic E-state index is 13.1. The lowest BCUT2D eigenvalue weighted by molar-refractivity contribution is -0.121. The molecule has 0 aliphatic carbocycles. The molecule has 8 nitrogen and oxygen atoms in total. The number of benzene rings is 1. The average Bonchev–Trinajstić information content (AvgIpc) is 3.32. The summed E-state index contributed by atoms with van der Waals surface area (Å²) in [6, 6.07) is 7.24.